The molecule has 0 saturated carbocycles. The number of pyridine rings is 1. The average Bonchev–Trinajstić information content (AvgIpc) is 2.86. The largest absolute Gasteiger partial charge is 0.390 e. The van der Waals surface area contributed by atoms with Gasteiger partial charge in [0.2, 0.25) is 0 Å². The highest BCUT2D eigenvalue weighted by Gasteiger charge is 2.46. The summed E-state index contributed by atoms with van der Waals surface area (Å²) in [5.74, 6) is 0. The van der Waals surface area contributed by atoms with Gasteiger partial charge in [0.05, 0.1) is 11.8 Å². The van der Waals surface area contributed by atoms with Gasteiger partial charge in [-0.15, -0.1) is 0 Å². The molecule has 0 radical (unpaired) electrons. The van der Waals surface area contributed by atoms with E-state index in [0.29, 0.717) is 0 Å². The fourth-order valence-electron chi connectivity index (χ4n) is 3.27. The van der Waals surface area contributed by atoms with Gasteiger partial charge in [-0.25, -0.2) is 0 Å². The molecule has 2 aliphatic rings. The van der Waals surface area contributed by atoms with Crippen molar-refractivity contribution in [1.82, 2.24) is 9.88 Å². The minimum Gasteiger partial charge on any atom is -0.390 e. The van der Waals surface area contributed by atoms with Crippen molar-refractivity contribution in [3.8, 4) is 0 Å². The Hall–Kier alpha value is -0.970. The topological polar surface area (TPSA) is 45.6 Å². The van der Waals surface area contributed by atoms with Crippen LogP contribution in [0.1, 0.15) is 30.5 Å². The Kier molecular flexibility index (Phi) is 3.56. The molecule has 0 bridgehead atoms. The van der Waals surface area contributed by atoms with E-state index in [1.807, 2.05) is 12.3 Å². The summed E-state index contributed by atoms with van der Waals surface area (Å²) in [6.07, 6.45) is 4.38. The highest BCUT2D eigenvalue weighted by atomic mass is 16.5. The molecule has 3 rings (SSSR count). The third-order valence-electron chi connectivity index (χ3n) is 4.44. The van der Waals surface area contributed by atoms with Crippen LogP contribution in [0.25, 0.3) is 0 Å². The van der Waals surface area contributed by atoms with Crippen molar-refractivity contribution in [2.24, 2.45) is 0 Å². The van der Waals surface area contributed by atoms with Crippen LogP contribution in [0.3, 0.4) is 0 Å². The number of hydrogen-bond donors (Lipinski definition) is 1. The molecule has 1 N–H and O–H groups in total. The number of hydrogen-bond acceptors (Lipinski definition) is 4. The Morgan fingerprint density at radius 2 is 2.47 bits per heavy atom. The molecule has 4 heteroatoms. The second-order valence-electron chi connectivity index (χ2n) is 5.80. The number of likely N-dealkylation sites (tertiary alicyclic amines) is 1. The Balaban J connectivity index is 1.71. The van der Waals surface area contributed by atoms with Gasteiger partial charge in [0.25, 0.3) is 0 Å². The van der Waals surface area contributed by atoms with Crippen molar-refractivity contribution in [1.29, 1.82) is 0 Å². The van der Waals surface area contributed by atoms with Crippen LogP contribution in [0.4, 0.5) is 0 Å². The molecule has 1 aromatic heterocycles. The molecule has 0 aromatic carbocycles. The van der Waals surface area contributed by atoms with Gasteiger partial charge in [-0.2, -0.15) is 0 Å². The zero-order valence-corrected chi connectivity index (χ0v) is 11.5. The van der Waals surface area contributed by atoms with Crippen LogP contribution < -0.4 is 0 Å². The van der Waals surface area contributed by atoms with Crippen LogP contribution in [0.15, 0.2) is 18.3 Å². The summed E-state index contributed by atoms with van der Waals surface area (Å²) >= 11 is 0. The third kappa shape index (κ3) is 2.53. The van der Waals surface area contributed by atoms with Crippen molar-refractivity contribution >= 4 is 0 Å². The number of aromatic nitrogens is 1. The second kappa shape index (κ2) is 5.19. The molecule has 1 aromatic rings. The molecule has 104 valence electrons. The molecule has 2 fully saturated rings. The van der Waals surface area contributed by atoms with Crippen molar-refractivity contribution in [2.45, 2.75) is 44.4 Å². The fourth-order valence-corrected chi connectivity index (χ4v) is 3.27. The minimum absolute atomic E-state index is 0.309. The van der Waals surface area contributed by atoms with E-state index >= 15 is 0 Å². The van der Waals surface area contributed by atoms with Crippen LogP contribution in [-0.2, 0) is 11.3 Å². The fraction of sp³-hybridized carbons (Fsp3) is 0.667. The number of aliphatic hydroxyl groups excluding tert-OH is 1. The first kappa shape index (κ1) is 13.0. The number of ether oxygens (including phenoxy) is 1. The second-order valence-corrected chi connectivity index (χ2v) is 5.80. The van der Waals surface area contributed by atoms with Gasteiger partial charge in [-0.1, -0.05) is 6.07 Å². The van der Waals surface area contributed by atoms with E-state index in [9.17, 15) is 5.11 Å². The predicted octanol–water partition coefficient (Wildman–Crippen LogP) is 1.51. The summed E-state index contributed by atoms with van der Waals surface area (Å²) < 4.78 is 5.88. The van der Waals surface area contributed by atoms with Crippen molar-refractivity contribution in [3.05, 3.63) is 29.6 Å². The van der Waals surface area contributed by atoms with Gasteiger partial charge < -0.3 is 9.84 Å². The van der Waals surface area contributed by atoms with E-state index in [2.05, 4.69) is 22.9 Å². The number of aliphatic hydroxyl groups is 1. The van der Waals surface area contributed by atoms with Crippen LogP contribution >= 0.6 is 0 Å². The SMILES string of the molecule is Cc1cccnc1CN1CC[C@H](O)[C@]2(CCCO2)C1. The number of nitrogens with zero attached hydrogens (tertiary/aromatic N) is 2. The summed E-state index contributed by atoms with van der Waals surface area (Å²) in [4.78, 5) is 6.83. The lowest BCUT2D eigenvalue weighted by molar-refractivity contribution is -0.132. The first-order valence-electron chi connectivity index (χ1n) is 7.14. The summed E-state index contributed by atoms with van der Waals surface area (Å²) in [6, 6.07) is 4.07. The highest BCUT2D eigenvalue weighted by molar-refractivity contribution is 5.17. The maximum Gasteiger partial charge on any atom is 0.107 e. The third-order valence-corrected chi connectivity index (χ3v) is 4.44. The van der Waals surface area contributed by atoms with Crippen LogP contribution in [-0.4, -0.2) is 46.4 Å². The molecule has 1 spiro atoms. The maximum absolute atomic E-state index is 10.2. The Morgan fingerprint density at radius 3 is 3.21 bits per heavy atom. The zero-order valence-electron chi connectivity index (χ0n) is 11.5. The molecular weight excluding hydrogens is 240 g/mol. The first-order chi connectivity index (χ1) is 9.20. The molecule has 4 nitrogen and oxygen atoms in total. The summed E-state index contributed by atoms with van der Waals surface area (Å²) in [5.41, 5.74) is 2.04. The molecule has 19 heavy (non-hydrogen) atoms. The Labute approximate surface area is 114 Å². The maximum atomic E-state index is 10.2. The normalized spacial score (nSPS) is 32.0. The Morgan fingerprint density at radius 1 is 1.58 bits per heavy atom. The monoisotopic (exact) mass is 262 g/mol. The summed E-state index contributed by atoms with van der Waals surface area (Å²) in [7, 11) is 0. The Bertz CT molecular complexity index is 444. The summed E-state index contributed by atoms with van der Waals surface area (Å²) in [5, 5.41) is 10.2. The molecule has 2 atom stereocenters. The van der Waals surface area contributed by atoms with E-state index < -0.39 is 0 Å². The number of aryl methyl sites for hydroxylation is 1. The van der Waals surface area contributed by atoms with E-state index in [1.54, 1.807) is 0 Å². The molecule has 0 aliphatic carbocycles. The van der Waals surface area contributed by atoms with Gasteiger partial charge in [-0.3, -0.25) is 9.88 Å². The molecular formula is C15H22N2O2. The van der Waals surface area contributed by atoms with Crippen LogP contribution in [0.5, 0.6) is 0 Å². The molecule has 0 unspecified atom stereocenters. The lowest BCUT2D eigenvalue weighted by Gasteiger charge is -2.43. The molecule has 0 amide bonds. The van der Waals surface area contributed by atoms with Gasteiger partial charge in [0, 0.05) is 32.4 Å². The first-order valence-corrected chi connectivity index (χ1v) is 7.14. The van der Waals surface area contributed by atoms with E-state index in [-0.39, 0.29) is 11.7 Å². The van der Waals surface area contributed by atoms with Crippen LogP contribution in [0.2, 0.25) is 0 Å². The van der Waals surface area contributed by atoms with Crippen LogP contribution in [0, 0.1) is 6.92 Å². The lowest BCUT2D eigenvalue weighted by Crippen LogP contribution is -2.56. The quantitative estimate of drug-likeness (QED) is 0.877. The number of rotatable bonds is 2. The number of piperidine rings is 1. The van der Waals surface area contributed by atoms with Gasteiger partial charge in [0.1, 0.15) is 5.60 Å². The van der Waals surface area contributed by atoms with Crippen molar-refractivity contribution in [3.63, 3.8) is 0 Å². The van der Waals surface area contributed by atoms with Crippen molar-refractivity contribution < 1.29 is 9.84 Å². The van der Waals surface area contributed by atoms with Crippen molar-refractivity contribution in [2.75, 3.05) is 19.7 Å². The average molecular weight is 262 g/mol. The van der Waals surface area contributed by atoms with Gasteiger partial charge in [0.15, 0.2) is 0 Å². The van der Waals surface area contributed by atoms with E-state index in [4.69, 9.17) is 4.74 Å². The zero-order chi connectivity index (χ0) is 13.3. The molecule has 2 aliphatic heterocycles. The lowest BCUT2D eigenvalue weighted by atomic mass is 9.87. The predicted molar refractivity (Wildman–Crippen MR) is 72.8 cm³/mol. The smallest absolute Gasteiger partial charge is 0.107 e. The van der Waals surface area contributed by atoms with E-state index in [0.717, 1.165) is 51.2 Å². The molecule has 3 heterocycles. The van der Waals surface area contributed by atoms with Gasteiger partial charge in [-0.05, 0) is 37.8 Å². The standard InChI is InChI=1S/C15H22N2O2/c1-12-4-2-7-16-13(12)10-17-8-5-14(18)15(11-17)6-3-9-19-15/h2,4,7,14,18H,3,5-6,8-11H2,1H3/t14-,15-/m0/s1. The van der Waals surface area contributed by atoms with E-state index in [1.165, 1.54) is 5.56 Å². The van der Waals surface area contributed by atoms with Gasteiger partial charge >= 0.3 is 0 Å². The molecule has 2 saturated heterocycles. The summed E-state index contributed by atoms with van der Waals surface area (Å²) in [6.45, 7) is 5.48. The minimum atomic E-state index is -0.319. The highest BCUT2D eigenvalue weighted by Crippen LogP contribution is 2.35.